The predicted molar refractivity (Wildman–Crippen MR) is 25.0 cm³/mol. The normalized spacial score (nSPS) is 3.33. The second kappa shape index (κ2) is 59.9. The maximum Gasteiger partial charge on any atom is 0.0662 e. The molecule has 8 N–H and O–H groups in total. The number of rotatable bonds is 1. The molecular formula is C2H12O5Ti2. The van der Waals surface area contributed by atoms with Gasteiger partial charge < -0.3 is 26.6 Å². The average molecular weight is 212 g/mol. The molecule has 0 radical (unpaired) electrons. The van der Waals surface area contributed by atoms with E-state index < -0.39 is 0 Å². The molecule has 0 bridgehead atoms. The predicted octanol–water partition coefficient (Wildman–Crippen LogP) is -3.51. The van der Waals surface area contributed by atoms with Gasteiger partial charge in [0.2, 0.25) is 0 Å². The van der Waals surface area contributed by atoms with Crippen molar-refractivity contribution in [3.05, 3.63) is 0 Å². The Kier molecular flexibility index (Phi) is 325. The summed E-state index contributed by atoms with van der Waals surface area (Å²) < 4.78 is 0. The molecule has 0 aromatic heterocycles. The van der Waals surface area contributed by atoms with Crippen LogP contribution in [0.5, 0.6) is 0 Å². The number of aliphatic hydroxyl groups is 2. The van der Waals surface area contributed by atoms with Gasteiger partial charge in [-0.2, -0.15) is 0 Å². The molecule has 0 aliphatic rings. The largest absolute Gasteiger partial charge is 0.412 e. The first kappa shape index (κ1) is 48.7. The van der Waals surface area contributed by atoms with Gasteiger partial charge in [0.1, 0.15) is 0 Å². The van der Waals surface area contributed by atoms with E-state index in [1.54, 1.807) is 0 Å². The Morgan fingerprint density at radius 3 is 0.778 bits per heavy atom. The van der Waals surface area contributed by atoms with Crippen LogP contribution in [-0.2, 0) is 43.4 Å². The zero-order valence-electron chi connectivity index (χ0n) is 4.81. The SMILES string of the molecule is O.O.O.OCCO.[Ti].[Ti]. The van der Waals surface area contributed by atoms with Crippen molar-refractivity contribution in [2.75, 3.05) is 13.2 Å². The molecule has 0 saturated heterocycles. The molecule has 0 aromatic carbocycles. The van der Waals surface area contributed by atoms with Crippen molar-refractivity contribution in [1.29, 1.82) is 0 Å². The summed E-state index contributed by atoms with van der Waals surface area (Å²) in [5.74, 6) is 0. The fourth-order valence-electron chi connectivity index (χ4n) is 0. The molecule has 0 spiro atoms. The molecule has 0 aliphatic heterocycles. The Morgan fingerprint density at radius 2 is 0.778 bits per heavy atom. The molecule has 9 heavy (non-hydrogen) atoms. The summed E-state index contributed by atoms with van der Waals surface area (Å²) in [5, 5.41) is 15.2. The van der Waals surface area contributed by atoms with Gasteiger partial charge in [0.25, 0.3) is 0 Å². The van der Waals surface area contributed by atoms with E-state index in [0.29, 0.717) is 0 Å². The molecule has 0 amide bonds. The Balaban J connectivity index is -0.00000000450. The van der Waals surface area contributed by atoms with Crippen molar-refractivity contribution in [3.63, 3.8) is 0 Å². The quantitative estimate of drug-likeness (QED) is 0.435. The van der Waals surface area contributed by atoms with Crippen LogP contribution in [-0.4, -0.2) is 39.9 Å². The molecule has 0 rings (SSSR count). The van der Waals surface area contributed by atoms with Crippen LogP contribution in [0.1, 0.15) is 0 Å². The van der Waals surface area contributed by atoms with Gasteiger partial charge in [-0.1, -0.05) is 0 Å². The molecule has 0 fully saturated rings. The molecular weight excluding hydrogens is 200 g/mol. The van der Waals surface area contributed by atoms with Crippen LogP contribution >= 0.6 is 0 Å². The molecule has 0 atom stereocenters. The zero-order valence-corrected chi connectivity index (χ0v) is 7.93. The van der Waals surface area contributed by atoms with Crippen molar-refractivity contribution in [3.8, 4) is 0 Å². The number of hydrogen-bond donors (Lipinski definition) is 2. The van der Waals surface area contributed by atoms with Gasteiger partial charge in [-0.05, 0) is 0 Å². The van der Waals surface area contributed by atoms with Crippen LogP contribution in [0.4, 0.5) is 0 Å². The van der Waals surface area contributed by atoms with Crippen molar-refractivity contribution in [1.82, 2.24) is 0 Å². The van der Waals surface area contributed by atoms with E-state index in [4.69, 9.17) is 10.2 Å². The molecule has 0 unspecified atom stereocenters. The second-order valence-corrected chi connectivity index (χ2v) is 0.447. The van der Waals surface area contributed by atoms with E-state index >= 15 is 0 Å². The maximum atomic E-state index is 7.62. The van der Waals surface area contributed by atoms with Crippen LogP contribution in [0.3, 0.4) is 0 Å². The fraction of sp³-hybridized carbons (Fsp3) is 1.00. The van der Waals surface area contributed by atoms with Crippen LogP contribution in [0.15, 0.2) is 0 Å². The first-order valence-electron chi connectivity index (χ1n) is 1.13. The van der Waals surface area contributed by atoms with Gasteiger partial charge in [-0.15, -0.1) is 0 Å². The third-order valence-electron chi connectivity index (χ3n) is 0.1000. The van der Waals surface area contributed by atoms with Crippen molar-refractivity contribution in [2.45, 2.75) is 0 Å². The summed E-state index contributed by atoms with van der Waals surface area (Å²) in [7, 11) is 0. The molecule has 0 saturated carbocycles. The van der Waals surface area contributed by atoms with E-state index in [9.17, 15) is 0 Å². The van der Waals surface area contributed by atoms with E-state index in [0.717, 1.165) is 0 Å². The van der Waals surface area contributed by atoms with Gasteiger partial charge >= 0.3 is 0 Å². The van der Waals surface area contributed by atoms with Crippen molar-refractivity contribution in [2.24, 2.45) is 0 Å². The van der Waals surface area contributed by atoms with Crippen LogP contribution < -0.4 is 0 Å². The number of hydrogen-bond acceptors (Lipinski definition) is 2. The molecule has 0 heterocycles. The third kappa shape index (κ3) is 97.1. The minimum Gasteiger partial charge on any atom is -0.412 e. The minimum atomic E-state index is -0.125. The first-order chi connectivity index (χ1) is 1.91. The van der Waals surface area contributed by atoms with Crippen LogP contribution in [0.2, 0.25) is 0 Å². The number of aliphatic hydroxyl groups excluding tert-OH is 2. The van der Waals surface area contributed by atoms with Crippen molar-refractivity contribution < 1.29 is 70.1 Å². The van der Waals surface area contributed by atoms with E-state index in [-0.39, 0.29) is 73.1 Å². The third-order valence-corrected chi connectivity index (χ3v) is 0.1000. The Bertz CT molecular complexity index is 14.9. The Hall–Kier alpha value is 1.23. The second-order valence-electron chi connectivity index (χ2n) is 0.447. The summed E-state index contributed by atoms with van der Waals surface area (Å²) in [4.78, 5) is 0. The van der Waals surface area contributed by atoms with Gasteiger partial charge in [0.05, 0.1) is 13.2 Å². The molecule has 5 nitrogen and oxygen atoms in total. The Labute approximate surface area is 83.1 Å². The zero-order chi connectivity index (χ0) is 3.41. The fourth-order valence-corrected chi connectivity index (χ4v) is 0. The molecule has 0 aliphatic carbocycles. The average Bonchev–Trinajstić information content (AvgIpc) is 1.37. The summed E-state index contributed by atoms with van der Waals surface area (Å²) in [5.41, 5.74) is 0. The molecule has 58 valence electrons. The smallest absolute Gasteiger partial charge is 0.0662 e. The van der Waals surface area contributed by atoms with Gasteiger partial charge in [-0.25, -0.2) is 0 Å². The van der Waals surface area contributed by atoms with E-state index in [1.807, 2.05) is 0 Å². The maximum absolute atomic E-state index is 7.62. The Morgan fingerprint density at radius 1 is 0.667 bits per heavy atom. The van der Waals surface area contributed by atoms with E-state index in [1.165, 1.54) is 0 Å². The van der Waals surface area contributed by atoms with Crippen molar-refractivity contribution >= 4 is 0 Å². The molecule has 7 heteroatoms. The molecule has 0 aromatic rings. The topological polar surface area (TPSA) is 135 Å². The minimum absolute atomic E-state index is 0. The van der Waals surface area contributed by atoms with Gasteiger partial charge in [0.15, 0.2) is 0 Å². The summed E-state index contributed by atoms with van der Waals surface area (Å²) >= 11 is 0. The van der Waals surface area contributed by atoms with Crippen LogP contribution in [0.25, 0.3) is 0 Å². The van der Waals surface area contributed by atoms with Gasteiger partial charge in [-0.3, -0.25) is 0 Å². The van der Waals surface area contributed by atoms with Gasteiger partial charge in [0, 0.05) is 43.4 Å². The summed E-state index contributed by atoms with van der Waals surface area (Å²) in [6.07, 6.45) is 0. The summed E-state index contributed by atoms with van der Waals surface area (Å²) in [6, 6.07) is 0. The van der Waals surface area contributed by atoms with E-state index in [2.05, 4.69) is 0 Å². The monoisotopic (exact) mass is 212 g/mol. The standard InChI is InChI=1S/C2H6O2.3H2O.2Ti/c3-1-2-4;;;;;/h3-4H,1-2H2;3*1H2;;. The first-order valence-corrected chi connectivity index (χ1v) is 1.13. The summed E-state index contributed by atoms with van der Waals surface area (Å²) in [6.45, 7) is -0.250. The van der Waals surface area contributed by atoms with Crippen LogP contribution in [0, 0.1) is 0 Å².